The SMILES string of the molecule is Cc1ccsc1C(=O)OCC(=O)NCc1ccc(F)c(Cl)c1. The molecule has 22 heavy (non-hydrogen) atoms. The molecular formula is C15H13ClFNO3S. The minimum absolute atomic E-state index is 0.00801. The molecule has 0 saturated carbocycles. The molecule has 0 atom stereocenters. The van der Waals surface area contributed by atoms with Crippen molar-refractivity contribution in [2.24, 2.45) is 0 Å². The van der Waals surface area contributed by atoms with E-state index in [1.807, 2.05) is 0 Å². The monoisotopic (exact) mass is 341 g/mol. The van der Waals surface area contributed by atoms with Gasteiger partial charge in [-0.25, -0.2) is 9.18 Å². The van der Waals surface area contributed by atoms with E-state index in [9.17, 15) is 14.0 Å². The van der Waals surface area contributed by atoms with Crippen molar-refractivity contribution in [3.63, 3.8) is 0 Å². The Morgan fingerprint density at radius 1 is 1.36 bits per heavy atom. The normalized spacial score (nSPS) is 10.3. The van der Waals surface area contributed by atoms with Crippen molar-refractivity contribution >= 4 is 34.8 Å². The average Bonchev–Trinajstić information content (AvgIpc) is 2.92. The van der Waals surface area contributed by atoms with Crippen molar-refractivity contribution < 1.29 is 18.7 Å². The lowest BCUT2D eigenvalue weighted by atomic mass is 10.2. The van der Waals surface area contributed by atoms with E-state index < -0.39 is 17.7 Å². The molecule has 1 amide bonds. The molecule has 0 spiro atoms. The Bertz CT molecular complexity index is 702. The van der Waals surface area contributed by atoms with Crippen LogP contribution in [0.2, 0.25) is 5.02 Å². The summed E-state index contributed by atoms with van der Waals surface area (Å²) in [5.74, 6) is -1.48. The standard InChI is InChI=1S/C15H13ClFNO3S/c1-9-4-5-22-14(9)15(20)21-8-13(19)18-7-10-2-3-12(17)11(16)6-10/h2-6H,7-8H2,1H3,(H,18,19). The molecule has 0 aliphatic heterocycles. The Balaban J connectivity index is 1.79. The van der Waals surface area contributed by atoms with Gasteiger partial charge in [-0.05, 0) is 41.6 Å². The molecule has 0 unspecified atom stereocenters. The Morgan fingerprint density at radius 3 is 2.77 bits per heavy atom. The van der Waals surface area contributed by atoms with E-state index >= 15 is 0 Å². The van der Waals surface area contributed by atoms with Crippen LogP contribution in [0.25, 0.3) is 0 Å². The molecule has 1 heterocycles. The molecule has 0 radical (unpaired) electrons. The lowest BCUT2D eigenvalue weighted by Gasteiger charge is -2.07. The Kier molecular flexibility index (Phi) is 5.51. The zero-order valence-electron chi connectivity index (χ0n) is 11.7. The van der Waals surface area contributed by atoms with Gasteiger partial charge >= 0.3 is 5.97 Å². The van der Waals surface area contributed by atoms with E-state index in [0.717, 1.165) is 5.56 Å². The summed E-state index contributed by atoms with van der Waals surface area (Å²) in [6, 6.07) is 5.98. The predicted molar refractivity (Wildman–Crippen MR) is 82.6 cm³/mol. The zero-order chi connectivity index (χ0) is 16.1. The molecule has 1 aromatic heterocycles. The van der Waals surface area contributed by atoms with E-state index in [1.54, 1.807) is 18.4 Å². The van der Waals surface area contributed by atoms with Crippen molar-refractivity contribution in [1.29, 1.82) is 0 Å². The molecule has 1 aromatic carbocycles. The molecule has 2 aromatic rings. The quantitative estimate of drug-likeness (QED) is 0.849. The topological polar surface area (TPSA) is 55.4 Å². The number of ether oxygens (including phenoxy) is 1. The molecule has 1 N–H and O–H groups in total. The number of nitrogens with one attached hydrogen (secondary N) is 1. The minimum Gasteiger partial charge on any atom is -0.451 e. The first kappa shape index (κ1) is 16.5. The van der Waals surface area contributed by atoms with Crippen LogP contribution < -0.4 is 5.32 Å². The van der Waals surface area contributed by atoms with Crippen LogP contribution in [0.3, 0.4) is 0 Å². The highest BCUT2D eigenvalue weighted by atomic mass is 35.5. The highest BCUT2D eigenvalue weighted by Crippen LogP contribution is 2.17. The second kappa shape index (κ2) is 7.38. The van der Waals surface area contributed by atoms with E-state index in [1.165, 1.54) is 29.5 Å². The molecule has 4 nitrogen and oxygen atoms in total. The molecule has 2 rings (SSSR count). The summed E-state index contributed by atoms with van der Waals surface area (Å²) in [6.45, 7) is 1.60. The maximum Gasteiger partial charge on any atom is 0.349 e. The molecule has 0 fully saturated rings. The minimum atomic E-state index is -0.521. The van der Waals surface area contributed by atoms with Crippen LogP contribution in [-0.4, -0.2) is 18.5 Å². The van der Waals surface area contributed by atoms with Crippen LogP contribution in [0.1, 0.15) is 20.8 Å². The van der Waals surface area contributed by atoms with Crippen molar-refractivity contribution in [1.82, 2.24) is 5.32 Å². The largest absolute Gasteiger partial charge is 0.451 e. The van der Waals surface area contributed by atoms with E-state index in [2.05, 4.69) is 5.32 Å². The van der Waals surface area contributed by atoms with Gasteiger partial charge in [0.2, 0.25) is 0 Å². The smallest absolute Gasteiger partial charge is 0.349 e. The van der Waals surface area contributed by atoms with Crippen molar-refractivity contribution in [2.75, 3.05) is 6.61 Å². The summed E-state index contributed by atoms with van der Waals surface area (Å²) in [5.41, 5.74) is 1.47. The van der Waals surface area contributed by atoms with E-state index in [-0.39, 0.29) is 18.2 Å². The van der Waals surface area contributed by atoms with Gasteiger partial charge < -0.3 is 10.1 Å². The third kappa shape index (κ3) is 4.29. The van der Waals surface area contributed by atoms with Gasteiger partial charge in [0.05, 0.1) is 5.02 Å². The number of hydrogen-bond donors (Lipinski definition) is 1. The van der Waals surface area contributed by atoms with Crippen LogP contribution in [0, 0.1) is 12.7 Å². The molecule has 7 heteroatoms. The lowest BCUT2D eigenvalue weighted by Crippen LogP contribution is -2.28. The van der Waals surface area contributed by atoms with Gasteiger partial charge in [0, 0.05) is 6.54 Å². The van der Waals surface area contributed by atoms with Crippen molar-refractivity contribution in [3.05, 3.63) is 56.5 Å². The summed E-state index contributed by atoms with van der Waals surface area (Å²) >= 11 is 6.91. The predicted octanol–water partition coefficient (Wildman–Crippen LogP) is 3.32. The number of esters is 1. The molecule has 0 aliphatic rings. The third-order valence-corrected chi connectivity index (χ3v) is 4.14. The van der Waals surface area contributed by atoms with Gasteiger partial charge in [0.1, 0.15) is 10.7 Å². The average molecular weight is 342 g/mol. The Labute approximate surface area is 135 Å². The maximum absolute atomic E-state index is 13.0. The summed E-state index contributed by atoms with van der Waals surface area (Å²) < 4.78 is 17.9. The van der Waals surface area contributed by atoms with Gasteiger partial charge in [-0.1, -0.05) is 17.7 Å². The van der Waals surface area contributed by atoms with Crippen molar-refractivity contribution in [3.8, 4) is 0 Å². The van der Waals surface area contributed by atoms with Gasteiger partial charge in [0.25, 0.3) is 5.91 Å². The van der Waals surface area contributed by atoms with Gasteiger partial charge in [0.15, 0.2) is 6.61 Å². The number of amides is 1. The zero-order valence-corrected chi connectivity index (χ0v) is 13.3. The molecule has 0 saturated heterocycles. The highest BCUT2D eigenvalue weighted by Gasteiger charge is 2.13. The first-order chi connectivity index (χ1) is 10.5. The fourth-order valence-electron chi connectivity index (χ4n) is 1.68. The molecule has 0 aliphatic carbocycles. The number of rotatable bonds is 5. The summed E-state index contributed by atoms with van der Waals surface area (Å²) in [7, 11) is 0. The number of halogens is 2. The fraction of sp³-hybridized carbons (Fsp3) is 0.200. The number of carbonyl (C=O) groups excluding carboxylic acids is 2. The number of carbonyl (C=O) groups is 2. The first-order valence-electron chi connectivity index (χ1n) is 6.39. The van der Waals surface area contributed by atoms with Gasteiger partial charge in [-0.15, -0.1) is 11.3 Å². The lowest BCUT2D eigenvalue weighted by molar-refractivity contribution is -0.124. The number of aryl methyl sites for hydroxylation is 1. The van der Waals surface area contributed by atoms with Crippen LogP contribution in [0.15, 0.2) is 29.6 Å². The summed E-state index contributed by atoms with van der Waals surface area (Å²) in [6.07, 6.45) is 0. The van der Waals surface area contributed by atoms with Crippen LogP contribution in [-0.2, 0) is 16.1 Å². The number of thiophene rings is 1. The molecular weight excluding hydrogens is 329 g/mol. The Hall–Kier alpha value is -1.92. The molecule has 116 valence electrons. The van der Waals surface area contributed by atoms with Crippen LogP contribution >= 0.6 is 22.9 Å². The van der Waals surface area contributed by atoms with E-state index in [4.69, 9.17) is 16.3 Å². The fourth-order valence-corrected chi connectivity index (χ4v) is 2.70. The Morgan fingerprint density at radius 2 is 2.14 bits per heavy atom. The number of benzene rings is 1. The first-order valence-corrected chi connectivity index (χ1v) is 7.65. The second-order valence-electron chi connectivity index (χ2n) is 4.53. The summed E-state index contributed by atoms with van der Waals surface area (Å²) in [4.78, 5) is 23.9. The van der Waals surface area contributed by atoms with Gasteiger partial charge in [-0.2, -0.15) is 0 Å². The molecule has 0 bridgehead atoms. The maximum atomic E-state index is 13.0. The van der Waals surface area contributed by atoms with Crippen LogP contribution in [0.5, 0.6) is 0 Å². The summed E-state index contributed by atoms with van der Waals surface area (Å²) in [5, 5.41) is 4.34. The van der Waals surface area contributed by atoms with Gasteiger partial charge in [-0.3, -0.25) is 4.79 Å². The van der Waals surface area contributed by atoms with Crippen molar-refractivity contribution in [2.45, 2.75) is 13.5 Å². The second-order valence-corrected chi connectivity index (χ2v) is 5.86. The van der Waals surface area contributed by atoms with E-state index in [0.29, 0.717) is 10.4 Å². The number of hydrogen-bond acceptors (Lipinski definition) is 4. The third-order valence-electron chi connectivity index (χ3n) is 2.86. The highest BCUT2D eigenvalue weighted by molar-refractivity contribution is 7.12. The van der Waals surface area contributed by atoms with Crippen LogP contribution in [0.4, 0.5) is 4.39 Å².